The molecule has 0 radical (unpaired) electrons. The highest BCUT2D eigenvalue weighted by Gasteiger charge is 2.55. The van der Waals surface area contributed by atoms with E-state index < -0.39 is 42.9 Å². The van der Waals surface area contributed by atoms with Crippen molar-refractivity contribution in [2.24, 2.45) is 0 Å². The van der Waals surface area contributed by atoms with Crippen molar-refractivity contribution >= 4 is 28.7 Å². The number of aromatic amines is 1. The van der Waals surface area contributed by atoms with Gasteiger partial charge in [0.1, 0.15) is 12.2 Å². The molecule has 4 N–H and O–H groups in total. The van der Waals surface area contributed by atoms with E-state index in [2.05, 4.69) is 15.0 Å². The number of piperidine rings is 1. The van der Waals surface area contributed by atoms with Crippen molar-refractivity contribution in [2.75, 3.05) is 26.3 Å². The molecule has 0 spiro atoms. The molecule has 2 saturated heterocycles. The number of H-pyrrole nitrogens is 1. The second-order valence-electron chi connectivity index (χ2n) is 11.3. The van der Waals surface area contributed by atoms with Crippen LogP contribution in [0.5, 0.6) is 6.01 Å². The first kappa shape index (κ1) is 31.2. The van der Waals surface area contributed by atoms with Gasteiger partial charge in [0.2, 0.25) is 0 Å². The molecule has 2 aliphatic heterocycles. The molecule has 0 bridgehead atoms. The van der Waals surface area contributed by atoms with Gasteiger partial charge >= 0.3 is 6.18 Å². The lowest BCUT2D eigenvalue weighted by atomic mass is 9.90. The maximum atomic E-state index is 13.1. The normalized spacial score (nSPS) is 22.0. The number of pyridine rings is 1. The largest absolute Gasteiger partial charge is 0.459 e. The van der Waals surface area contributed by atoms with Gasteiger partial charge in [0.25, 0.3) is 11.9 Å². The zero-order valence-electron chi connectivity index (χ0n) is 23.8. The van der Waals surface area contributed by atoms with Crippen molar-refractivity contribution in [3.63, 3.8) is 0 Å². The smallest absolute Gasteiger partial charge is 0.417 e. The van der Waals surface area contributed by atoms with Crippen LogP contribution in [0, 0.1) is 0 Å². The van der Waals surface area contributed by atoms with Gasteiger partial charge in [0.15, 0.2) is 11.2 Å². The first-order chi connectivity index (χ1) is 21.4. The number of hydrogen-bond donors (Lipinski definition) is 4. The third-order valence-corrected chi connectivity index (χ3v) is 8.61. The maximum Gasteiger partial charge on any atom is 0.417 e. The molecule has 0 saturated carbocycles. The minimum Gasteiger partial charge on any atom is -0.459 e. The number of ether oxygens (including phenoxy) is 2. The monoisotopic (exact) mass is 646 g/mol. The van der Waals surface area contributed by atoms with Crippen molar-refractivity contribution in [1.82, 2.24) is 19.9 Å². The van der Waals surface area contributed by atoms with E-state index in [9.17, 15) is 33.3 Å². The van der Waals surface area contributed by atoms with Crippen molar-refractivity contribution in [1.29, 1.82) is 0 Å². The molecule has 2 aromatic heterocycles. The second kappa shape index (κ2) is 12.2. The first-order valence-electron chi connectivity index (χ1n) is 14.4. The van der Waals surface area contributed by atoms with Crippen molar-refractivity contribution in [2.45, 2.75) is 49.4 Å². The summed E-state index contributed by atoms with van der Waals surface area (Å²) in [5.41, 5.74) is 1.48. The summed E-state index contributed by atoms with van der Waals surface area (Å²) in [5, 5.41) is 29.6. The van der Waals surface area contributed by atoms with E-state index in [1.807, 2.05) is 24.3 Å². The Morgan fingerprint density at radius 3 is 2.29 bits per heavy atom. The maximum absolute atomic E-state index is 13.1. The van der Waals surface area contributed by atoms with Gasteiger partial charge in [-0.05, 0) is 29.3 Å². The summed E-state index contributed by atoms with van der Waals surface area (Å²) in [6, 6.07) is 16.2. The van der Waals surface area contributed by atoms with Crippen LogP contribution < -0.4 is 4.74 Å². The number of hydrogen-bond acceptors (Lipinski definition) is 8. The van der Waals surface area contributed by atoms with E-state index in [4.69, 9.17) is 21.1 Å². The lowest BCUT2D eigenvalue weighted by molar-refractivity contribution is -0.271. The van der Waals surface area contributed by atoms with E-state index in [-0.39, 0.29) is 44.6 Å². The van der Waals surface area contributed by atoms with Crippen LogP contribution in [0.1, 0.15) is 29.6 Å². The average Bonchev–Trinajstić information content (AvgIpc) is 3.41. The molecule has 0 unspecified atom stereocenters. The quantitative estimate of drug-likeness (QED) is 0.242. The zero-order chi connectivity index (χ0) is 31.9. The highest BCUT2D eigenvalue weighted by molar-refractivity contribution is 6.33. The predicted octanol–water partition coefficient (Wildman–Crippen LogP) is 4.36. The van der Waals surface area contributed by atoms with Crippen molar-refractivity contribution in [3.8, 4) is 28.4 Å². The molecular weight excluding hydrogens is 617 g/mol. The number of halogens is 4. The number of aliphatic hydroxyl groups is 3. The molecule has 238 valence electrons. The minimum atomic E-state index is -4.73. The van der Waals surface area contributed by atoms with Crippen molar-refractivity contribution in [3.05, 3.63) is 65.2 Å². The van der Waals surface area contributed by atoms with Crippen LogP contribution in [0.4, 0.5) is 13.2 Å². The molecule has 1 amide bonds. The fourth-order valence-corrected chi connectivity index (χ4v) is 5.83. The standard InChI is InChI=1S/C31H30ClF3N4O6/c32-22-14-23-27(38-29(36-23)45-21-13-24(41)25(15-40)44-16-21)37-26(22)19-5-1-17(2-6-19)18-3-7-20(8-4-18)28(42)39-11-9-30(43,10-12-39)31(33,34)35/h1-8,14,21,24-25,40-41,43H,9-13,15-16H2,(H,36,37,38)/t21-,24+,25-/m1/s1. The Balaban J connectivity index is 1.12. The average molecular weight is 647 g/mol. The molecule has 2 aromatic carbocycles. The predicted molar refractivity (Wildman–Crippen MR) is 158 cm³/mol. The Bertz CT molecular complexity index is 1670. The lowest BCUT2D eigenvalue weighted by Gasteiger charge is -2.39. The SMILES string of the molecule is O=C(c1ccc(-c2ccc(-c3nc4nc(O[C@H]5CO[C@H](CO)[C@@H](O)C5)[nH]c4cc3Cl)cc2)cc1)N1CCC(O)(C(F)(F)F)CC1. The summed E-state index contributed by atoms with van der Waals surface area (Å²) in [6.07, 6.45) is -7.50. The van der Waals surface area contributed by atoms with E-state index >= 15 is 0 Å². The molecule has 2 aliphatic rings. The van der Waals surface area contributed by atoms with Gasteiger partial charge in [-0.1, -0.05) is 48.0 Å². The number of alkyl halides is 3. The Hall–Kier alpha value is -3.75. The molecular formula is C31H30ClF3N4O6. The van der Waals surface area contributed by atoms with E-state index in [0.717, 1.165) is 16.7 Å². The van der Waals surface area contributed by atoms with Gasteiger partial charge in [-0.2, -0.15) is 18.2 Å². The fourth-order valence-electron chi connectivity index (χ4n) is 5.57. The number of nitrogens with zero attached hydrogens (tertiary/aromatic N) is 3. The molecule has 14 heteroatoms. The minimum absolute atomic E-state index is 0.182. The highest BCUT2D eigenvalue weighted by Crippen LogP contribution is 2.39. The topological polar surface area (TPSA) is 141 Å². The summed E-state index contributed by atoms with van der Waals surface area (Å²) in [5.74, 6) is -0.385. The van der Waals surface area contributed by atoms with Crippen LogP contribution in [-0.2, 0) is 4.74 Å². The number of fused-ring (bicyclic) bond motifs is 1. The molecule has 0 aliphatic carbocycles. The van der Waals surface area contributed by atoms with Gasteiger partial charge in [-0.15, -0.1) is 0 Å². The summed E-state index contributed by atoms with van der Waals surface area (Å²) < 4.78 is 50.6. The number of carbonyl (C=O) groups excluding carboxylic acids is 1. The molecule has 4 aromatic rings. The second-order valence-corrected chi connectivity index (χ2v) is 11.7. The van der Waals surface area contributed by atoms with Crippen LogP contribution >= 0.6 is 11.6 Å². The summed E-state index contributed by atoms with van der Waals surface area (Å²) in [6.45, 7) is -0.445. The van der Waals surface area contributed by atoms with Crippen LogP contribution in [0.3, 0.4) is 0 Å². The number of imidazole rings is 1. The third-order valence-electron chi connectivity index (χ3n) is 8.32. The number of aromatic nitrogens is 3. The van der Waals surface area contributed by atoms with Gasteiger partial charge in [-0.25, -0.2) is 4.98 Å². The number of likely N-dealkylation sites (tertiary alicyclic amines) is 1. The Kier molecular flexibility index (Phi) is 8.48. The van der Waals surface area contributed by atoms with Crippen LogP contribution in [0.25, 0.3) is 33.5 Å². The molecule has 4 heterocycles. The number of amides is 1. The molecule has 2 fully saturated rings. The molecule has 3 atom stereocenters. The summed E-state index contributed by atoms with van der Waals surface area (Å²) in [4.78, 5) is 26.3. The van der Waals surface area contributed by atoms with Gasteiger partial charge in [0.05, 0.1) is 35.6 Å². The Labute approximate surface area is 260 Å². The van der Waals surface area contributed by atoms with Gasteiger partial charge < -0.3 is 34.7 Å². The molecule has 6 rings (SSSR count). The lowest BCUT2D eigenvalue weighted by Crippen LogP contribution is -2.54. The van der Waals surface area contributed by atoms with Crippen LogP contribution in [-0.4, -0.2) is 97.5 Å². The molecule has 45 heavy (non-hydrogen) atoms. The molecule has 10 nitrogen and oxygen atoms in total. The highest BCUT2D eigenvalue weighted by atomic mass is 35.5. The number of nitrogens with one attached hydrogen (secondary N) is 1. The van der Waals surface area contributed by atoms with Gasteiger partial charge in [0, 0.05) is 43.5 Å². The Morgan fingerprint density at radius 2 is 1.69 bits per heavy atom. The van der Waals surface area contributed by atoms with Crippen LogP contribution in [0.2, 0.25) is 5.02 Å². The Morgan fingerprint density at radius 1 is 1.07 bits per heavy atom. The van der Waals surface area contributed by atoms with E-state index in [1.165, 1.54) is 4.90 Å². The first-order valence-corrected chi connectivity index (χ1v) is 14.7. The van der Waals surface area contributed by atoms with Crippen molar-refractivity contribution < 1.29 is 42.8 Å². The number of rotatable bonds is 6. The van der Waals surface area contributed by atoms with Gasteiger partial charge in [-0.3, -0.25) is 4.79 Å². The zero-order valence-corrected chi connectivity index (χ0v) is 24.6. The van der Waals surface area contributed by atoms with Crippen LogP contribution in [0.15, 0.2) is 54.6 Å². The number of carbonyl (C=O) groups is 1. The fraction of sp³-hybridized carbons (Fsp3) is 0.387. The van der Waals surface area contributed by atoms with E-state index in [0.29, 0.717) is 27.4 Å². The third kappa shape index (κ3) is 6.36. The summed E-state index contributed by atoms with van der Waals surface area (Å²) >= 11 is 6.56. The summed E-state index contributed by atoms with van der Waals surface area (Å²) in [7, 11) is 0. The number of benzene rings is 2. The van der Waals surface area contributed by atoms with E-state index in [1.54, 1.807) is 30.3 Å². The number of aliphatic hydroxyl groups excluding tert-OH is 2.